The number of esters is 1. The summed E-state index contributed by atoms with van der Waals surface area (Å²) in [5.74, 6) is 1.82. The summed E-state index contributed by atoms with van der Waals surface area (Å²) in [6, 6.07) is 0. The first-order chi connectivity index (χ1) is 11.4. The van der Waals surface area contributed by atoms with Gasteiger partial charge in [-0.3, -0.25) is 14.4 Å². The summed E-state index contributed by atoms with van der Waals surface area (Å²) in [4.78, 5) is 36.1. The van der Waals surface area contributed by atoms with Gasteiger partial charge in [-0.05, 0) is 55.9 Å². The fourth-order valence-corrected chi connectivity index (χ4v) is 6.33. The van der Waals surface area contributed by atoms with E-state index in [1.165, 1.54) is 12.5 Å². The van der Waals surface area contributed by atoms with Crippen molar-refractivity contribution >= 4 is 17.5 Å². The van der Waals surface area contributed by atoms with E-state index >= 15 is 0 Å². The number of rotatable bonds is 1. The van der Waals surface area contributed by atoms with Crippen molar-refractivity contribution in [3.8, 4) is 0 Å². The van der Waals surface area contributed by atoms with Crippen molar-refractivity contribution in [3.63, 3.8) is 0 Å². The van der Waals surface area contributed by atoms with Gasteiger partial charge in [0.25, 0.3) is 0 Å². The van der Waals surface area contributed by atoms with E-state index in [-0.39, 0.29) is 29.2 Å². The van der Waals surface area contributed by atoms with Crippen LogP contribution in [-0.4, -0.2) is 23.6 Å². The summed E-state index contributed by atoms with van der Waals surface area (Å²) in [6.07, 6.45) is 7.44. The number of Topliss-reactive ketones (excluding diaryl/α,β-unsaturated/α-hetero) is 1. The van der Waals surface area contributed by atoms with Crippen molar-refractivity contribution in [2.45, 2.75) is 64.9 Å². The van der Waals surface area contributed by atoms with Crippen molar-refractivity contribution in [2.24, 2.45) is 29.1 Å². The van der Waals surface area contributed by atoms with E-state index < -0.39 is 0 Å². The Morgan fingerprint density at radius 1 is 1.17 bits per heavy atom. The molecule has 3 fully saturated rings. The molecule has 4 nitrogen and oxygen atoms in total. The van der Waals surface area contributed by atoms with Crippen molar-refractivity contribution in [2.75, 3.05) is 0 Å². The van der Waals surface area contributed by atoms with Gasteiger partial charge in [0, 0.05) is 31.1 Å². The number of hydrogen-bond donors (Lipinski definition) is 0. The number of allylic oxidation sites excluding steroid dienone is 1. The Bertz CT molecular complexity index is 634. The van der Waals surface area contributed by atoms with Gasteiger partial charge in [0.15, 0.2) is 5.78 Å². The fourth-order valence-electron chi connectivity index (χ4n) is 6.33. The lowest BCUT2D eigenvalue weighted by Gasteiger charge is -2.54. The summed E-state index contributed by atoms with van der Waals surface area (Å²) in [6.45, 7) is 3.55. The molecule has 0 aromatic heterocycles. The molecule has 24 heavy (non-hydrogen) atoms. The zero-order valence-corrected chi connectivity index (χ0v) is 14.5. The van der Waals surface area contributed by atoms with E-state index in [0.29, 0.717) is 42.8 Å². The van der Waals surface area contributed by atoms with Gasteiger partial charge in [-0.15, -0.1) is 0 Å². The summed E-state index contributed by atoms with van der Waals surface area (Å²) < 4.78 is 5.75. The number of carbonyl (C=O) groups is 3. The van der Waals surface area contributed by atoms with Crippen molar-refractivity contribution in [3.05, 3.63) is 11.6 Å². The molecule has 0 N–H and O–H groups in total. The third-order valence-corrected chi connectivity index (χ3v) is 7.28. The fraction of sp³-hybridized carbons (Fsp3) is 0.750. The van der Waals surface area contributed by atoms with Crippen molar-refractivity contribution < 1.29 is 19.1 Å². The lowest BCUT2D eigenvalue weighted by Crippen LogP contribution is -2.54. The molecule has 4 aliphatic carbocycles. The molecule has 3 saturated carbocycles. The molecule has 0 unspecified atom stereocenters. The van der Waals surface area contributed by atoms with Crippen LogP contribution in [0.3, 0.4) is 0 Å². The molecule has 0 aromatic rings. The molecule has 4 aliphatic rings. The molecule has 0 aliphatic heterocycles. The first kappa shape index (κ1) is 16.0. The van der Waals surface area contributed by atoms with Crippen LogP contribution in [0.15, 0.2) is 11.6 Å². The molecule has 0 saturated heterocycles. The van der Waals surface area contributed by atoms with Crippen LogP contribution < -0.4 is 0 Å². The normalized spacial score (nSPS) is 44.2. The van der Waals surface area contributed by atoms with Crippen LogP contribution in [0, 0.1) is 29.1 Å². The second-order valence-electron chi connectivity index (χ2n) is 8.45. The quantitative estimate of drug-likeness (QED) is 0.693. The zero-order chi connectivity index (χ0) is 17.1. The van der Waals surface area contributed by atoms with Gasteiger partial charge in [-0.25, -0.2) is 0 Å². The van der Waals surface area contributed by atoms with Crippen molar-refractivity contribution in [1.29, 1.82) is 0 Å². The number of carbonyl (C=O) groups excluding carboxylic acids is 3. The molecule has 130 valence electrons. The highest BCUT2D eigenvalue weighted by Gasteiger charge is 2.60. The molecule has 0 spiro atoms. The Balaban J connectivity index is 1.72. The van der Waals surface area contributed by atoms with Gasteiger partial charge < -0.3 is 4.74 Å². The molecule has 6 atom stereocenters. The predicted octanol–water partition coefficient (Wildman–Crippen LogP) is 3.24. The van der Waals surface area contributed by atoms with Crippen LogP contribution >= 0.6 is 0 Å². The van der Waals surface area contributed by atoms with E-state index in [2.05, 4.69) is 6.92 Å². The lowest BCUT2D eigenvalue weighted by atomic mass is 9.51. The third-order valence-electron chi connectivity index (χ3n) is 7.28. The van der Waals surface area contributed by atoms with Gasteiger partial charge in [0.2, 0.25) is 0 Å². The van der Waals surface area contributed by atoms with Crippen LogP contribution in [0.1, 0.15) is 58.8 Å². The number of hydrogen-bond acceptors (Lipinski definition) is 4. The molecule has 4 heteroatoms. The highest BCUT2D eigenvalue weighted by atomic mass is 16.5. The van der Waals surface area contributed by atoms with Gasteiger partial charge in [-0.2, -0.15) is 0 Å². The number of fused-ring (bicyclic) bond motifs is 5. The minimum absolute atomic E-state index is 0.183. The van der Waals surface area contributed by atoms with Crippen LogP contribution in [0.5, 0.6) is 0 Å². The second kappa shape index (κ2) is 5.53. The highest BCUT2D eigenvalue weighted by Crippen LogP contribution is 2.61. The third kappa shape index (κ3) is 2.29. The van der Waals surface area contributed by atoms with Gasteiger partial charge in [0.05, 0.1) is 0 Å². The van der Waals surface area contributed by atoms with E-state index in [1.54, 1.807) is 0 Å². The predicted molar refractivity (Wildman–Crippen MR) is 88.0 cm³/mol. The standard InChI is InChI=1S/C20H26O4/c1-11(21)24-17-10-20(2)16(7-8-18(20)23)15-5-3-12-9-13(22)4-6-14(12)19(15)17/h9,14-17,19H,3-8,10H2,1-2H3/t14-,15-,16-,17+,19+,20-/m0/s1. The number of ether oxygens (including phenoxy) is 1. The maximum Gasteiger partial charge on any atom is 0.302 e. The van der Waals surface area contributed by atoms with Crippen molar-refractivity contribution in [1.82, 2.24) is 0 Å². The van der Waals surface area contributed by atoms with Crippen LogP contribution in [0.4, 0.5) is 0 Å². The molecule has 0 bridgehead atoms. The smallest absolute Gasteiger partial charge is 0.302 e. The lowest BCUT2D eigenvalue weighted by molar-refractivity contribution is -0.168. The van der Waals surface area contributed by atoms with E-state index in [4.69, 9.17) is 4.74 Å². The molecular weight excluding hydrogens is 304 g/mol. The van der Waals surface area contributed by atoms with Gasteiger partial charge >= 0.3 is 5.97 Å². The van der Waals surface area contributed by atoms with Crippen LogP contribution in [-0.2, 0) is 19.1 Å². The van der Waals surface area contributed by atoms with Crippen LogP contribution in [0.2, 0.25) is 0 Å². The molecule has 0 amide bonds. The monoisotopic (exact) mass is 330 g/mol. The average Bonchev–Trinajstić information content (AvgIpc) is 2.81. The Morgan fingerprint density at radius 2 is 1.96 bits per heavy atom. The van der Waals surface area contributed by atoms with E-state index in [9.17, 15) is 14.4 Å². The highest BCUT2D eigenvalue weighted by molar-refractivity contribution is 5.91. The molecule has 4 rings (SSSR count). The molecule has 0 radical (unpaired) electrons. The zero-order valence-electron chi connectivity index (χ0n) is 14.5. The molecule has 0 aromatic carbocycles. The topological polar surface area (TPSA) is 60.4 Å². The maximum absolute atomic E-state index is 12.6. The Hall–Kier alpha value is -1.45. The summed E-state index contributed by atoms with van der Waals surface area (Å²) in [5.41, 5.74) is 0.935. The largest absolute Gasteiger partial charge is 0.462 e. The number of ketones is 2. The minimum atomic E-state index is -0.326. The molecule has 0 heterocycles. The first-order valence-corrected chi connectivity index (χ1v) is 9.34. The summed E-state index contributed by atoms with van der Waals surface area (Å²) >= 11 is 0. The maximum atomic E-state index is 12.6. The van der Waals surface area contributed by atoms with Crippen LogP contribution in [0.25, 0.3) is 0 Å². The van der Waals surface area contributed by atoms with E-state index in [0.717, 1.165) is 25.7 Å². The Kier molecular flexibility index (Phi) is 3.70. The Labute approximate surface area is 143 Å². The summed E-state index contributed by atoms with van der Waals surface area (Å²) in [7, 11) is 0. The average molecular weight is 330 g/mol. The van der Waals surface area contributed by atoms with Gasteiger partial charge in [0.1, 0.15) is 11.9 Å². The summed E-state index contributed by atoms with van der Waals surface area (Å²) in [5, 5.41) is 0. The molecular formula is C20H26O4. The Morgan fingerprint density at radius 3 is 2.71 bits per heavy atom. The minimum Gasteiger partial charge on any atom is -0.462 e. The van der Waals surface area contributed by atoms with Gasteiger partial charge in [-0.1, -0.05) is 12.5 Å². The first-order valence-electron chi connectivity index (χ1n) is 9.34. The second-order valence-corrected chi connectivity index (χ2v) is 8.45. The van der Waals surface area contributed by atoms with E-state index in [1.807, 2.05) is 6.08 Å². The SMILES string of the molecule is CC(=O)O[C@@H]1C[C@]2(C)C(=O)CC[C@H]2[C@@H]2CCC3=CC(=O)CC[C@@H]3[C@H]21.